The first-order valence-electron chi connectivity index (χ1n) is 11.1. The second kappa shape index (κ2) is 4.45. The molecule has 6 fully saturated rings. The largest absolute Gasteiger partial charge is 0.342 e. The Morgan fingerprint density at radius 1 is 1.04 bits per heavy atom. The van der Waals surface area contributed by atoms with Crippen molar-refractivity contribution in [1.29, 1.82) is 0 Å². The lowest BCUT2D eigenvalue weighted by atomic mass is 9.19. The van der Waals surface area contributed by atoms with Crippen LogP contribution in [0.25, 0.3) is 0 Å². The molecule has 27 heavy (non-hydrogen) atoms. The van der Waals surface area contributed by atoms with Crippen molar-refractivity contribution in [2.24, 2.45) is 34.0 Å². The fourth-order valence-corrected chi connectivity index (χ4v) is 10.0. The van der Waals surface area contributed by atoms with E-state index in [-0.39, 0.29) is 10.8 Å². The van der Waals surface area contributed by atoms with E-state index in [0.29, 0.717) is 28.6 Å². The number of benzene rings is 1. The Bertz CT molecular complexity index is 841. The Hall–Kier alpha value is -1.35. The minimum atomic E-state index is -0.0369. The molecule has 1 amide bonds. The fourth-order valence-electron chi connectivity index (χ4n) is 10.0. The fraction of sp³-hybridized carbons (Fsp3) is 0.708. The van der Waals surface area contributed by atoms with Crippen molar-refractivity contribution in [3.63, 3.8) is 0 Å². The molecule has 1 aromatic rings. The molecule has 5 unspecified atom stereocenters. The Morgan fingerprint density at radius 2 is 1.78 bits per heavy atom. The van der Waals surface area contributed by atoms with Gasteiger partial charge in [-0.25, -0.2) is 0 Å². The third kappa shape index (κ3) is 1.41. The maximum Gasteiger partial charge on any atom is 0.229 e. The van der Waals surface area contributed by atoms with Crippen molar-refractivity contribution in [1.82, 2.24) is 10.2 Å². The summed E-state index contributed by atoms with van der Waals surface area (Å²) >= 11 is 0. The number of hydrogen-bond donors (Lipinski definition) is 1. The summed E-state index contributed by atoms with van der Waals surface area (Å²) in [6, 6.07) is 11.2. The van der Waals surface area contributed by atoms with Gasteiger partial charge in [-0.3, -0.25) is 4.79 Å². The molecule has 3 heteroatoms. The van der Waals surface area contributed by atoms with E-state index in [0.717, 1.165) is 38.5 Å². The summed E-state index contributed by atoms with van der Waals surface area (Å²) in [7, 11) is 0. The first-order valence-corrected chi connectivity index (χ1v) is 11.1. The van der Waals surface area contributed by atoms with Crippen molar-refractivity contribution >= 4 is 5.91 Å². The van der Waals surface area contributed by atoms with Crippen LogP contribution in [0.2, 0.25) is 0 Å². The van der Waals surface area contributed by atoms with Gasteiger partial charge in [0.15, 0.2) is 0 Å². The van der Waals surface area contributed by atoms with Crippen LogP contribution in [0, 0.1) is 34.0 Å². The van der Waals surface area contributed by atoms with E-state index in [4.69, 9.17) is 0 Å². The monoisotopic (exact) mass is 362 g/mol. The van der Waals surface area contributed by atoms with Gasteiger partial charge in [0.1, 0.15) is 0 Å². The summed E-state index contributed by atoms with van der Waals surface area (Å²) in [4.78, 5) is 16.3. The van der Waals surface area contributed by atoms with E-state index in [1.165, 1.54) is 31.2 Å². The van der Waals surface area contributed by atoms with Crippen LogP contribution >= 0.6 is 0 Å². The molecule has 142 valence electrons. The molecule has 2 heterocycles. The predicted octanol–water partition coefficient (Wildman–Crippen LogP) is 3.20. The van der Waals surface area contributed by atoms with Crippen molar-refractivity contribution in [2.45, 2.75) is 44.4 Å². The summed E-state index contributed by atoms with van der Waals surface area (Å²) in [5.74, 6) is 2.74. The van der Waals surface area contributed by atoms with Crippen LogP contribution in [-0.2, 0) is 10.2 Å². The van der Waals surface area contributed by atoms with Crippen LogP contribution in [0.5, 0.6) is 0 Å². The van der Waals surface area contributed by atoms with E-state index in [9.17, 15) is 4.79 Å². The van der Waals surface area contributed by atoms with Crippen LogP contribution in [0.4, 0.5) is 0 Å². The average Bonchev–Trinajstić information content (AvgIpc) is 3.36. The second-order valence-electron chi connectivity index (χ2n) is 11.2. The molecule has 4 saturated carbocycles. The predicted molar refractivity (Wildman–Crippen MR) is 104 cm³/mol. The minimum Gasteiger partial charge on any atom is -0.342 e. The van der Waals surface area contributed by atoms with Crippen molar-refractivity contribution < 1.29 is 4.79 Å². The van der Waals surface area contributed by atoms with Crippen molar-refractivity contribution in [3.05, 3.63) is 35.9 Å². The molecular formula is C24H30N2O. The Kier molecular flexibility index (Phi) is 2.57. The highest BCUT2D eigenvalue weighted by molar-refractivity contribution is 5.89. The number of fused-ring (bicyclic) bond motifs is 2. The lowest BCUT2D eigenvalue weighted by molar-refractivity contribution is -0.305. The molecule has 3 nitrogen and oxygen atoms in total. The van der Waals surface area contributed by atoms with Crippen molar-refractivity contribution in [3.8, 4) is 0 Å². The van der Waals surface area contributed by atoms with E-state index in [1.54, 1.807) is 0 Å². The van der Waals surface area contributed by atoms with Gasteiger partial charge in [0, 0.05) is 37.0 Å². The number of carbonyl (C=O) groups is 1. The highest BCUT2D eigenvalue weighted by Gasteiger charge is 2.93. The smallest absolute Gasteiger partial charge is 0.229 e. The Morgan fingerprint density at radius 3 is 2.48 bits per heavy atom. The molecule has 0 aromatic heterocycles. The minimum absolute atomic E-state index is 0.0369. The maximum absolute atomic E-state index is 14.0. The highest BCUT2D eigenvalue weighted by Crippen LogP contribution is 2.95. The van der Waals surface area contributed by atoms with Crippen LogP contribution in [0.1, 0.15) is 44.6 Å². The summed E-state index contributed by atoms with van der Waals surface area (Å²) in [6.45, 7) is 6.76. The van der Waals surface area contributed by atoms with E-state index >= 15 is 0 Å². The first kappa shape index (κ1) is 15.6. The third-order valence-electron chi connectivity index (χ3n) is 10.3. The zero-order valence-electron chi connectivity index (χ0n) is 16.3. The van der Waals surface area contributed by atoms with Crippen LogP contribution in [-0.4, -0.2) is 37.0 Å². The molecule has 7 rings (SSSR count). The molecule has 2 saturated heterocycles. The number of amides is 1. The number of carbonyl (C=O) groups excluding carboxylic acids is 1. The van der Waals surface area contributed by atoms with E-state index < -0.39 is 0 Å². The van der Waals surface area contributed by atoms with Gasteiger partial charge in [-0.1, -0.05) is 37.3 Å². The van der Waals surface area contributed by atoms with Crippen LogP contribution in [0.3, 0.4) is 0 Å². The number of hydrogen-bond acceptors (Lipinski definition) is 2. The average molecular weight is 363 g/mol. The van der Waals surface area contributed by atoms with E-state index in [1.807, 2.05) is 0 Å². The summed E-state index contributed by atoms with van der Waals surface area (Å²) < 4.78 is 0. The standard InChI is InChI=1S/C24H30N2O/c1-21-7-16-8-22(20(27)26-12-17-10-25-11-18(17)13-26)15-23(14-21,24(21,22)9-16)19-5-3-2-4-6-19/h2-6,16-18,25H,7-15H2,1H3/t16?,17?,18?,21-,22?,23+,24?/m1/s1. The molecule has 6 aliphatic rings. The number of rotatable bonds is 2. The van der Waals surface area contributed by atoms with Gasteiger partial charge in [0.2, 0.25) is 5.91 Å². The normalized spacial score (nSPS) is 53.7. The lowest BCUT2D eigenvalue weighted by Crippen LogP contribution is -2.82. The quantitative estimate of drug-likeness (QED) is 0.876. The lowest BCUT2D eigenvalue weighted by Gasteiger charge is -2.83. The molecule has 7 atom stereocenters. The van der Waals surface area contributed by atoms with Crippen LogP contribution in [0.15, 0.2) is 30.3 Å². The first-order chi connectivity index (χ1) is 13.0. The van der Waals surface area contributed by atoms with E-state index in [2.05, 4.69) is 47.5 Å². The second-order valence-corrected chi connectivity index (χ2v) is 11.2. The Labute approximate surface area is 161 Å². The molecular weight excluding hydrogens is 332 g/mol. The summed E-state index contributed by atoms with van der Waals surface area (Å²) in [5.41, 5.74) is 2.44. The molecule has 2 aliphatic heterocycles. The zero-order chi connectivity index (χ0) is 18.1. The topological polar surface area (TPSA) is 32.3 Å². The molecule has 1 N–H and O–H groups in total. The molecule has 4 aliphatic carbocycles. The highest BCUT2D eigenvalue weighted by atomic mass is 16.2. The van der Waals surface area contributed by atoms with Gasteiger partial charge in [-0.15, -0.1) is 0 Å². The number of likely N-dealkylation sites (tertiary alicyclic amines) is 1. The maximum atomic E-state index is 14.0. The van der Waals surface area contributed by atoms with Gasteiger partial charge < -0.3 is 10.2 Å². The van der Waals surface area contributed by atoms with Gasteiger partial charge in [0.25, 0.3) is 0 Å². The van der Waals surface area contributed by atoms with Gasteiger partial charge in [-0.2, -0.15) is 0 Å². The van der Waals surface area contributed by atoms with Gasteiger partial charge in [-0.05, 0) is 60.8 Å². The van der Waals surface area contributed by atoms with Crippen molar-refractivity contribution in [2.75, 3.05) is 26.2 Å². The number of nitrogens with one attached hydrogen (secondary N) is 1. The van der Waals surface area contributed by atoms with Crippen LogP contribution < -0.4 is 5.32 Å². The zero-order valence-corrected chi connectivity index (χ0v) is 16.3. The summed E-state index contributed by atoms with van der Waals surface area (Å²) in [5, 5.41) is 3.52. The SMILES string of the molecule is C[C@@]12CC3CC4(C(=O)N5CC6CNCC6C5)C[C@](c5ccccc5)(C1)C42C3. The molecule has 1 aromatic carbocycles. The van der Waals surface area contributed by atoms with Gasteiger partial charge >= 0.3 is 0 Å². The summed E-state index contributed by atoms with van der Waals surface area (Å²) in [6.07, 6.45) is 6.29. The molecule has 1 spiro atoms. The van der Waals surface area contributed by atoms with Gasteiger partial charge in [0.05, 0.1) is 5.41 Å². The molecule has 0 radical (unpaired) electrons. The Balaban J connectivity index is 1.29. The molecule has 2 bridgehead atoms. The number of nitrogens with zero attached hydrogens (tertiary/aromatic N) is 1. The third-order valence-corrected chi connectivity index (χ3v) is 10.3.